The molecule has 2 aromatic heterocycles. The van der Waals surface area contributed by atoms with E-state index in [0.717, 1.165) is 16.5 Å². The first kappa shape index (κ1) is 17.2. The van der Waals surface area contributed by atoms with Crippen molar-refractivity contribution < 1.29 is 14.1 Å². The van der Waals surface area contributed by atoms with Crippen LogP contribution in [0.3, 0.4) is 0 Å². The molecule has 0 spiro atoms. The molecular formula is C16H16BrN5O3. The molecule has 1 atom stereocenters. The van der Waals surface area contributed by atoms with E-state index in [2.05, 4.69) is 31.2 Å². The average molecular weight is 406 g/mol. The molecule has 25 heavy (non-hydrogen) atoms. The highest BCUT2D eigenvalue weighted by Gasteiger charge is 2.20. The van der Waals surface area contributed by atoms with E-state index >= 15 is 0 Å². The fraction of sp³-hybridized carbons (Fsp3) is 0.250. The van der Waals surface area contributed by atoms with Gasteiger partial charge in [0.25, 0.3) is 11.8 Å². The number of aromatic nitrogens is 4. The van der Waals surface area contributed by atoms with Gasteiger partial charge in [-0.3, -0.25) is 9.48 Å². The van der Waals surface area contributed by atoms with Crippen molar-refractivity contribution in [1.82, 2.24) is 19.9 Å². The number of carbonyl (C=O) groups is 1. The fourth-order valence-electron chi connectivity index (χ4n) is 2.30. The Labute approximate surface area is 152 Å². The summed E-state index contributed by atoms with van der Waals surface area (Å²) in [6.07, 6.45) is 4.34. The van der Waals surface area contributed by atoms with Crippen LogP contribution < -0.4 is 10.5 Å². The lowest BCUT2D eigenvalue weighted by Gasteiger charge is -2.09. The molecule has 0 aliphatic heterocycles. The van der Waals surface area contributed by atoms with Gasteiger partial charge in [-0.2, -0.15) is 10.1 Å². The van der Waals surface area contributed by atoms with Crippen LogP contribution in [-0.4, -0.2) is 32.4 Å². The van der Waals surface area contributed by atoms with Gasteiger partial charge in [-0.15, -0.1) is 0 Å². The smallest absolute Gasteiger partial charge is 0.255 e. The van der Waals surface area contributed by atoms with E-state index < -0.39 is 5.91 Å². The third-order valence-corrected chi connectivity index (χ3v) is 3.91. The Bertz CT molecular complexity index is 859. The van der Waals surface area contributed by atoms with Crippen molar-refractivity contribution in [2.24, 2.45) is 5.73 Å². The van der Waals surface area contributed by atoms with Gasteiger partial charge in [0.15, 0.2) is 6.61 Å². The Morgan fingerprint density at radius 3 is 2.76 bits per heavy atom. The van der Waals surface area contributed by atoms with E-state index in [1.54, 1.807) is 35.1 Å². The molecule has 3 rings (SSSR count). The van der Waals surface area contributed by atoms with Gasteiger partial charge >= 0.3 is 0 Å². The van der Waals surface area contributed by atoms with Gasteiger partial charge in [0, 0.05) is 11.8 Å². The standard InChI is InChI=1S/C16H16BrN5O3/c1-2-13(22-8-11(17)7-19-22)16-20-15(21-25-16)10-3-5-12(6-4-10)24-9-14(18)23/h3-8,13H,2,9H2,1H3,(H2,18,23). The van der Waals surface area contributed by atoms with Crippen LogP contribution in [0.5, 0.6) is 5.75 Å². The molecule has 1 unspecified atom stereocenters. The largest absolute Gasteiger partial charge is 0.484 e. The van der Waals surface area contributed by atoms with E-state index in [-0.39, 0.29) is 12.6 Å². The number of halogens is 1. The fourth-order valence-corrected chi connectivity index (χ4v) is 2.60. The highest BCUT2D eigenvalue weighted by Crippen LogP contribution is 2.25. The summed E-state index contributed by atoms with van der Waals surface area (Å²) in [5.74, 6) is 0.977. The predicted molar refractivity (Wildman–Crippen MR) is 92.8 cm³/mol. The zero-order chi connectivity index (χ0) is 17.8. The molecule has 3 aromatic rings. The van der Waals surface area contributed by atoms with Crippen LogP contribution >= 0.6 is 15.9 Å². The molecule has 0 fully saturated rings. The van der Waals surface area contributed by atoms with Crippen molar-refractivity contribution in [3.05, 3.63) is 47.0 Å². The second-order valence-corrected chi connectivity index (χ2v) is 6.21. The second kappa shape index (κ2) is 7.47. The van der Waals surface area contributed by atoms with Gasteiger partial charge in [0.05, 0.1) is 10.7 Å². The molecule has 1 aromatic carbocycles. The first-order valence-electron chi connectivity index (χ1n) is 7.61. The number of carbonyl (C=O) groups excluding carboxylic acids is 1. The Morgan fingerprint density at radius 2 is 2.16 bits per heavy atom. The lowest BCUT2D eigenvalue weighted by molar-refractivity contribution is -0.119. The number of hydrogen-bond donors (Lipinski definition) is 1. The highest BCUT2D eigenvalue weighted by molar-refractivity contribution is 9.10. The zero-order valence-electron chi connectivity index (χ0n) is 13.4. The molecule has 8 nitrogen and oxygen atoms in total. The summed E-state index contributed by atoms with van der Waals surface area (Å²) < 4.78 is 13.3. The summed E-state index contributed by atoms with van der Waals surface area (Å²) in [4.78, 5) is 15.2. The van der Waals surface area contributed by atoms with Crippen molar-refractivity contribution in [3.63, 3.8) is 0 Å². The summed E-state index contributed by atoms with van der Waals surface area (Å²) in [7, 11) is 0. The Hall–Kier alpha value is -2.68. The minimum absolute atomic E-state index is 0.134. The molecule has 2 N–H and O–H groups in total. The number of benzene rings is 1. The van der Waals surface area contributed by atoms with E-state index in [1.165, 1.54) is 0 Å². The van der Waals surface area contributed by atoms with Crippen LogP contribution in [0.1, 0.15) is 25.3 Å². The number of hydrogen-bond acceptors (Lipinski definition) is 6. The number of nitrogens with zero attached hydrogens (tertiary/aromatic N) is 4. The molecule has 1 amide bonds. The summed E-state index contributed by atoms with van der Waals surface area (Å²) in [5, 5.41) is 8.32. The maximum atomic E-state index is 10.7. The van der Waals surface area contributed by atoms with Crippen LogP contribution in [0, 0.1) is 0 Å². The molecule has 0 saturated heterocycles. The lowest BCUT2D eigenvalue weighted by Crippen LogP contribution is -2.19. The minimum Gasteiger partial charge on any atom is -0.484 e. The maximum absolute atomic E-state index is 10.7. The van der Waals surface area contributed by atoms with Crippen LogP contribution in [-0.2, 0) is 4.79 Å². The lowest BCUT2D eigenvalue weighted by atomic mass is 10.2. The summed E-state index contributed by atoms with van der Waals surface area (Å²) in [6.45, 7) is 1.86. The molecule has 130 valence electrons. The van der Waals surface area contributed by atoms with Gasteiger partial charge < -0.3 is 15.0 Å². The summed E-state index contributed by atoms with van der Waals surface area (Å²) in [5.41, 5.74) is 5.82. The molecule has 0 aliphatic rings. The average Bonchev–Trinajstić information content (AvgIpc) is 3.24. The Morgan fingerprint density at radius 1 is 1.40 bits per heavy atom. The first-order chi connectivity index (χ1) is 12.1. The van der Waals surface area contributed by atoms with Crippen molar-refractivity contribution >= 4 is 21.8 Å². The van der Waals surface area contributed by atoms with Crippen molar-refractivity contribution in [2.75, 3.05) is 6.61 Å². The topological polar surface area (TPSA) is 109 Å². The number of ether oxygens (including phenoxy) is 1. The molecular weight excluding hydrogens is 390 g/mol. The van der Waals surface area contributed by atoms with Gasteiger partial charge in [0.1, 0.15) is 11.8 Å². The Kier molecular flexibility index (Phi) is 5.13. The number of nitrogens with two attached hydrogens (primary N) is 1. The maximum Gasteiger partial charge on any atom is 0.255 e. The molecule has 2 heterocycles. The van der Waals surface area contributed by atoms with Crippen LogP contribution in [0.2, 0.25) is 0 Å². The number of primary amides is 1. The molecule has 0 aliphatic carbocycles. The number of rotatable bonds is 7. The molecule has 0 radical (unpaired) electrons. The molecule has 0 bridgehead atoms. The van der Waals surface area contributed by atoms with E-state index in [0.29, 0.717) is 17.5 Å². The van der Waals surface area contributed by atoms with Crippen molar-refractivity contribution in [2.45, 2.75) is 19.4 Å². The summed E-state index contributed by atoms with van der Waals surface area (Å²) in [6, 6.07) is 6.88. The van der Waals surface area contributed by atoms with Gasteiger partial charge in [-0.1, -0.05) is 12.1 Å². The summed E-state index contributed by atoms with van der Waals surface area (Å²) >= 11 is 3.38. The van der Waals surface area contributed by atoms with E-state index in [9.17, 15) is 4.79 Å². The van der Waals surface area contributed by atoms with Crippen LogP contribution in [0.25, 0.3) is 11.4 Å². The van der Waals surface area contributed by atoms with Gasteiger partial charge in [0.2, 0.25) is 5.82 Å². The first-order valence-corrected chi connectivity index (χ1v) is 8.41. The minimum atomic E-state index is -0.525. The number of amides is 1. The Balaban J connectivity index is 1.77. The van der Waals surface area contributed by atoms with Gasteiger partial charge in [-0.05, 0) is 46.6 Å². The molecule has 9 heteroatoms. The van der Waals surface area contributed by atoms with Crippen molar-refractivity contribution in [3.8, 4) is 17.1 Å². The zero-order valence-corrected chi connectivity index (χ0v) is 15.0. The quantitative estimate of drug-likeness (QED) is 0.646. The van der Waals surface area contributed by atoms with Crippen molar-refractivity contribution in [1.29, 1.82) is 0 Å². The van der Waals surface area contributed by atoms with E-state index in [1.807, 2.05) is 13.1 Å². The van der Waals surface area contributed by atoms with E-state index in [4.69, 9.17) is 15.0 Å². The third-order valence-electron chi connectivity index (χ3n) is 3.50. The normalized spacial score (nSPS) is 12.1. The highest BCUT2D eigenvalue weighted by atomic mass is 79.9. The van der Waals surface area contributed by atoms with Crippen LogP contribution in [0.15, 0.2) is 45.7 Å². The molecule has 0 saturated carbocycles. The predicted octanol–water partition coefficient (Wildman–Crippen LogP) is 2.56. The SMILES string of the molecule is CCC(c1nc(-c2ccc(OCC(N)=O)cc2)no1)n1cc(Br)cn1. The van der Waals surface area contributed by atoms with Gasteiger partial charge in [-0.25, -0.2) is 0 Å². The third kappa shape index (κ3) is 4.05. The van der Waals surface area contributed by atoms with Crippen LogP contribution in [0.4, 0.5) is 0 Å². The second-order valence-electron chi connectivity index (χ2n) is 5.30. The monoisotopic (exact) mass is 405 g/mol.